The molecule has 0 spiro atoms. The summed E-state index contributed by atoms with van der Waals surface area (Å²) in [5.74, 6) is 0.205. The molecule has 3 heteroatoms. The summed E-state index contributed by atoms with van der Waals surface area (Å²) < 4.78 is 5.07. The number of hydrogen-bond acceptors (Lipinski definition) is 2. The van der Waals surface area contributed by atoms with E-state index in [1.807, 2.05) is 12.1 Å². The smallest absolute Gasteiger partial charge is 0.163 e. The largest absolute Gasteiger partial charge is 0.472 e. The third-order valence-electron chi connectivity index (χ3n) is 2.97. The number of carbonyl (C=O) groups excluding carboxylic acids is 1. The van der Waals surface area contributed by atoms with Crippen molar-refractivity contribution < 1.29 is 9.21 Å². The Kier molecular flexibility index (Phi) is 2.11. The summed E-state index contributed by atoms with van der Waals surface area (Å²) in [5, 5.41) is 0.676. The van der Waals surface area contributed by atoms with Crippen LogP contribution in [0, 0.1) is 0 Å². The number of hydrogen-bond donors (Lipinski definition) is 0. The van der Waals surface area contributed by atoms with Crippen LogP contribution in [-0.2, 0) is 6.42 Å². The van der Waals surface area contributed by atoms with Gasteiger partial charge in [0.1, 0.15) is 0 Å². The molecule has 0 amide bonds. The highest BCUT2D eigenvalue weighted by molar-refractivity contribution is 6.33. The Hall–Kier alpha value is -1.54. The highest BCUT2D eigenvalue weighted by Gasteiger charge is 2.24. The number of halogens is 1. The van der Waals surface area contributed by atoms with E-state index in [-0.39, 0.29) is 5.78 Å². The predicted octanol–water partition coefficient (Wildman–Crippen LogP) is 3.73. The summed E-state index contributed by atoms with van der Waals surface area (Å²) >= 11 is 6.19. The number of carbonyl (C=O) groups is 1. The fraction of sp³-hybridized carbons (Fsp3) is 0.154. The molecule has 0 atom stereocenters. The zero-order valence-corrected chi connectivity index (χ0v) is 9.25. The van der Waals surface area contributed by atoms with Gasteiger partial charge in [0.15, 0.2) is 5.78 Å². The molecule has 0 radical (unpaired) electrons. The summed E-state index contributed by atoms with van der Waals surface area (Å²) in [6, 6.07) is 5.47. The molecule has 1 aliphatic carbocycles. The van der Waals surface area contributed by atoms with E-state index in [9.17, 15) is 4.79 Å². The molecular formula is C13H9ClO2. The lowest BCUT2D eigenvalue weighted by molar-refractivity contribution is 0.0994. The van der Waals surface area contributed by atoms with Crippen molar-refractivity contribution in [3.63, 3.8) is 0 Å². The molecule has 1 aromatic carbocycles. The molecular weight excluding hydrogens is 224 g/mol. The Morgan fingerprint density at radius 3 is 2.81 bits per heavy atom. The summed E-state index contributed by atoms with van der Waals surface area (Å²) in [7, 11) is 0. The van der Waals surface area contributed by atoms with Gasteiger partial charge in [-0.05, 0) is 30.2 Å². The summed E-state index contributed by atoms with van der Waals surface area (Å²) in [5.41, 5.74) is 3.75. The van der Waals surface area contributed by atoms with Crippen LogP contribution < -0.4 is 0 Å². The summed E-state index contributed by atoms with van der Waals surface area (Å²) in [6.07, 6.45) is 4.63. The van der Waals surface area contributed by atoms with Gasteiger partial charge in [0.2, 0.25) is 0 Å². The van der Waals surface area contributed by atoms with Gasteiger partial charge in [0, 0.05) is 28.1 Å². The molecule has 0 unspecified atom stereocenters. The van der Waals surface area contributed by atoms with E-state index in [1.165, 1.54) is 0 Å². The lowest BCUT2D eigenvalue weighted by Crippen LogP contribution is -1.92. The van der Waals surface area contributed by atoms with Crippen LogP contribution in [0.25, 0.3) is 11.1 Å². The van der Waals surface area contributed by atoms with Crippen LogP contribution in [0.15, 0.2) is 35.1 Å². The van der Waals surface area contributed by atoms with Gasteiger partial charge in [0.25, 0.3) is 0 Å². The Balaban J connectivity index is 2.29. The van der Waals surface area contributed by atoms with Gasteiger partial charge >= 0.3 is 0 Å². The highest BCUT2D eigenvalue weighted by Crippen LogP contribution is 2.37. The number of rotatable bonds is 1. The van der Waals surface area contributed by atoms with Gasteiger partial charge in [-0.2, -0.15) is 0 Å². The number of fused-ring (bicyclic) bond motifs is 1. The number of ketones is 1. The predicted molar refractivity (Wildman–Crippen MR) is 61.8 cm³/mol. The van der Waals surface area contributed by atoms with E-state index >= 15 is 0 Å². The zero-order valence-electron chi connectivity index (χ0n) is 8.50. The summed E-state index contributed by atoms with van der Waals surface area (Å²) in [6.45, 7) is 0. The number of benzene rings is 1. The maximum absolute atomic E-state index is 11.6. The average Bonchev–Trinajstić information content (AvgIpc) is 2.89. The van der Waals surface area contributed by atoms with E-state index in [4.69, 9.17) is 16.0 Å². The van der Waals surface area contributed by atoms with Crippen LogP contribution in [0.3, 0.4) is 0 Å². The molecule has 16 heavy (non-hydrogen) atoms. The topological polar surface area (TPSA) is 30.2 Å². The Morgan fingerprint density at radius 1 is 1.19 bits per heavy atom. The SMILES string of the molecule is O=C1CCc2c1ccc(Cl)c2-c1ccoc1. The van der Waals surface area contributed by atoms with Crippen LogP contribution in [0.5, 0.6) is 0 Å². The quantitative estimate of drug-likeness (QED) is 0.750. The maximum Gasteiger partial charge on any atom is 0.163 e. The first-order valence-corrected chi connectivity index (χ1v) is 5.52. The Bertz CT molecular complexity index is 556. The molecule has 2 aromatic rings. The van der Waals surface area contributed by atoms with E-state index in [0.29, 0.717) is 11.4 Å². The molecule has 0 aliphatic heterocycles. The number of Topliss-reactive ketones (excluding diaryl/α,β-unsaturated/α-hetero) is 1. The molecule has 1 aromatic heterocycles. The van der Waals surface area contributed by atoms with E-state index in [2.05, 4.69) is 0 Å². The van der Waals surface area contributed by atoms with Crippen LogP contribution >= 0.6 is 11.6 Å². The minimum atomic E-state index is 0.205. The molecule has 1 heterocycles. The van der Waals surface area contributed by atoms with Crippen molar-refractivity contribution in [2.75, 3.05) is 0 Å². The van der Waals surface area contributed by atoms with Crippen LogP contribution in [0.4, 0.5) is 0 Å². The van der Waals surface area contributed by atoms with Crippen LogP contribution in [0.2, 0.25) is 5.02 Å². The number of furan rings is 1. The van der Waals surface area contributed by atoms with Crippen molar-refractivity contribution in [1.29, 1.82) is 0 Å². The minimum absolute atomic E-state index is 0.205. The fourth-order valence-corrected chi connectivity index (χ4v) is 2.52. The van der Waals surface area contributed by atoms with Crippen molar-refractivity contribution in [2.45, 2.75) is 12.8 Å². The molecule has 1 aliphatic rings. The van der Waals surface area contributed by atoms with Crippen molar-refractivity contribution >= 4 is 17.4 Å². The van der Waals surface area contributed by atoms with E-state index in [0.717, 1.165) is 28.7 Å². The van der Waals surface area contributed by atoms with Crippen LogP contribution in [-0.4, -0.2) is 5.78 Å². The monoisotopic (exact) mass is 232 g/mol. The first-order valence-electron chi connectivity index (χ1n) is 5.14. The van der Waals surface area contributed by atoms with Crippen molar-refractivity contribution in [2.24, 2.45) is 0 Å². The molecule has 0 saturated carbocycles. The Labute approximate surface area is 97.8 Å². The molecule has 0 saturated heterocycles. The second kappa shape index (κ2) is 3.49. The maximum atomic E-state index is 11.6. The van der Waals surface area contributed by atoms with Crippen LogP contribution in [0.1, 0.15) is 22.3 Å². The first kappa shape index (κ1) is 9.67. The molecule has 0 N–H and O–H groups in total. The van der Waals surface area contributed by atoms with E-state index in [1.54, 1.807) is 18.6 Å². The van der Waals surface area contributed by atoms with Crippen molar-refractivity contribution in [1.82, 2.24) is 0 Å². The molecule has 0 fully saturated rings. The highest BCUT2D eigenvalue weighted by atomic mass is 35.5. The fourth-order valence-electron chi connectivity index (χ4n) is 2.23. The van der Waals surface area contributed by atoms with Crippen molar-refractivity contribution in [3.05, 3.63) is 46.9 Å². The molecule has 0 bridgehead atoms. The third-order valence-corrected chi connectivity index (χ3v) is 3.29. The zero-order chi connectivity index (χ0) is 11.1. The molecule has 80 valence electrons. The van der Waals surface area contributed by atoms with Gasteiger partial charge in [-0.3, -0.25) is 4.79 Å². The lowest BCUT2D eigenvalue weighted by Gasteiger charge is -2.07. The third kappa shape index (κ3) is 1.30. The van der Waals surface area contributed by atoms with Gasteiger partial charge in [-0.15, -0.1) is 0 Å². The summed E-state index contributed by atoms with van der Waals surface area (Å²) in [4.78, 5) is 11.6. The normalized spacial score (nSPS) is 14.2. The molecule has 2 nitrogen and oxygen atoms in total. The second-order valence-electron chi connectivity index (χ2n) is 3.88. The standard InChI is InChI=1S/C13H9ClO2/c14-11-3-1-9-10(2-4-12(9)15)13(11)8-5-6-16-7-8/h1,3,5-7H,2,4H2. The van der Waals surface area contributed by atoms with E-state index < -0.39 is 0 Å². The first-order chi connectivity index (χ1) is 7.77. The van der Waals surface area contributed by atoms with Gasteiger partial charge in [-0.1, -0.05) is 11.6 Å². The van der Waals surface area contributed by atoms with Crippen molar-refractivity contribution in [3.8, 4) is 11.1 Å². The lowest BCUT2D eigenvalue weighted by atomic mass is 9.99. The van der Waals surface area contributed by atoms with Gasteiger partial charge in [-0.25, -0.2) is 0 Å². The Morgan fingerprint density at radius 2 is 2.06 bits per heavy atom. The molecule has 3 rings (SSSR count). The average molecular weight is 233 g/mol. The minimum Gasteiger partial charge on any atom is -0.472 e. The second-order valence-corrected chi connectivity index (χ2v) is 4.29. The van der Waals surface area contributed by atoms with Gasteiger partial charge < -0.3 is 4.42 Å². The van der Waals surface area contributed by atoms with Gasteiger partial charge in [0.05, 0.1) is 12.5 Å².